The van der Waals surface area contributed by atoms with Gasteiger partial charge in [0.05, 0.1) is 12.5 Å². The molecule has 2 aromatic carbocycles. The Balaban J connectivity index is 1.28. The zero-order valence-corrected chi connectivity index (χ0v) is 20.5. The Labute approximate surface area is 203 Å². The van der Waals surface area contributed by atoms with Gasteiger partial charge in [-0.25, -0.2) is 0 Å². The first kappa shape index (κ1) is 22.1. The molecule has 0 amide bonds. The van der Waals surface area contributed by atoms with Crippen molar-refractivity contribution in [3.8, 4) is 0 Å². The number of rotatable bonds is 4. The van der Waals surface area contributed by atoms with Gasteiger partial charge in [0.25, 0.3) is 0 Å². The smallest absolute Gasteiger partial charge is 0.309 e. The van der Waals surface area contributed by atoms with E-state index in [0.717, 1.165) is 38.5 Å². The van der Waals surface area contributed by atoms with Gasteiger partial charge in [0, 0.05) is 17.8 Å². The summed E-state index contributed by atoms with van der Waals surface area (Å²) in [5, 5.41) is 0. The van der Waals surface area contributed by atoms with E-state index in [0.29, 0.717) is 36.1 Å². The summed E-state index contributed by atoms with van der Waals surface area (Å²) in [6.07, 6.45) is 7.30. The van der Waals surface area contributed by atoms with Crippen molar-refractivity contribution in [1.82, 2.24) is 0 Å². The molecule has 0 N–H and O–H groups in total. The molecule has 0 heterocycles. The number of carbonyl (C=O) groups excluding carboxylic acids is 2. The molecule has 3 heteroatoms. The molecule has 178 valence electrons. The maximum atomic E-state index is 12.7. The van der Waals surface area contributed by atoms with Crippen molar-refractivity contribution in [1.29, 1.82) is 0 Å². The Morgan fingerprint density at radius 3 is 2.62 bits per heavy atom. The molecule has 4 aliphatic rings. The average molecular weight is 457 g/mol. The van der Waals surface area contributed by atoms with E-state index in [1.807, 2.05) is 13.0 Å². The van der Waals surface area contributed by atoms with Crippen LogP contribution in [0.25, 0.3) is 0 Å². The zero-order valence-electron chi connectivity index (χ0n) is 20.5. The van der Waals surface area contributed by atoms with Crippen molar-refractivity contribution in [3.63, 3.8) is 0 Å². The normalized spacial score (nSPS) is 36.1. The lowest BCUT2D eigenvalue weighted by atomic mass is 9.55. The van der Waals surface area contributed by atoms with Crippen LogP contribution in [0.3, 0.4) is 0 Å². The van der Waals surface area contributed by atoms with Gasteiger partial charge in [-0.15, -0.1) is 0 Å². The minimum Gasteiger partial charge on any atom is -0.466 e. The van der Waals surface area contributed by atoms with E-state index in [1.165, 1.54) is 23.1 Å². The second kappa shape index (κ2) is 8.36. The summed E-state index contributed by atoms with van der Waals surface area (Å²) in [5.74, 6) is 2.82. The molecule has 0 radical (unpaired) electrons. The molecule has 0 saturated heterocycles. The van der Waals surface area contributed by atoms with Crippen LogP contribution in [0.2, 0.25) is 0 Å². The van der Waals surface area contributed by atoms with Gasteiger partial charge in [0.15, 0.2) is 0 Å². The molecule has 3 fully saturated rings. The highest BCUT2D eigenvalue weighted by molar-refractivity contribution is 5.87. The Bertz CT molecular complexity index is 1100. The van der Waals surface area contributed by atoms with Crippen LogP contribution in [0.1, 0.15) is 92.4 Å². The summed E-state index contributed by atoms with van der Waals surface area (Å²) in [7, 11) is 0. The number of fused-ring (bicyclic) bond motifs is 5. The minimum absolute atomic E-state index is 0.0511. The van der Waals surface area contributed by atoms with Gasteiger partial charge in [-0.2, -0.15) is 0 Å². The lowest BCUT2D eigenvalue weighted by Gasteiger charge is -2.48. The van der Waals surface area contributed by atoms with E-state index < -0.39 is 0 Å². The number of hydrogen-bond acceptors (Lipinski definition) is 3. The molecule has 3 saturated carbocycles. The third kappa shape index (κ3) is 3.30. The number of ether oxygens (including phenoxy) is 1. The molecule has 0 bridgehead atoms. The van der Waals surface area contributed by atoms with Crippen LogP contribution in [0.15, 0.2) is 48.5 Å². The molecule has 0 aromatic heterocycles. The van der Waals surface area contributed by atoms with Crippen LogP contribution in [0.5, 0.6) is 0 Å². The molecule has 34 heavy (non-hydrogen) atoms. The summed E-state index contributed by atoms with van der Waals surface area (Å²) in [6, 6.07) is 17.7. The number of benzene rings is 2. The first-order valence-electron chi connectivity index (χ1n) is 13.4. The number of esters is 1. The molecular formula is C31H36O3. The second-order valence-corrected chi connectivity index (χ2v) is 11.4. The average Bonchev–Trinajstić information content (AvgIpc) is 3.13. The van der Waals surface area contributed by atoms with Crippen LogP contribution in [0.4, 0.5) is 0 Å². The standard InChI is InChI=1S/C31H36O3/c1-3-34-30(33)26-18-25(29(26)19-7-5-4-6-8-19)21-9-11-22-20(17-21)10-12-24-23(22)15-16-31(2)27(24)13-14-28(31)32/h4-9,11,17,23-27,29H,3,10,12-16,18H2,1-2H3/t23-,24-,25?,26-,27?,29-,31+/m1/s1. The first-order chi connectivity index (χ1) is 16.5. The van der Waals surface area contributed by atoms with Crippen molar-refractivity contribution in [2.24, 2.45) is 23.2 Å². The Kier molecular flexibility index (Phi) is 5.43. The van der Waals surface area contributed by atoms with Gasteiger partial charge in [0.2, 0.25) is 0 Å². The lowest BCUT2D eigenvalue weighted by Crippen LogP contribution is -2.42. The predicted molar refractivity (Wildman–Crippen MR) is 133 cm³/mol. The van der Waals surface area contributed by atoms with Crippen LogP contribution < -0.4 is 0 Å². The second-order valence-electron chi connectivity index (χ2n) is 11.4. The van der Waals surface area contributed by atoms with Crippen LogP contribution in [-0.2, 0) is 20.7 Å². The SMILES string of the molecule is CCOC(=O)[C@@H]1CC(c2ccc3c(c2)CC[C@H]2C4CCC(=O)[C@@]4(C)CC[C@H]32)[C@H]1c1ccccc1. The topological polar surface area (TPSA) is 43.4 Å². The van der Waals surface area contributed by atoms with Crippen molar-refractivity contribution < 1.29 is 14.3 Å². The first-order valence-corrected chi connectivity index (χ1v) is 13.4. The predicted octanol–water partition coefficient (Wildman–Crippen LogP) is 6.56. The summed E-state index contributed by atoms with van der Waals surface area (Å²) >= 11 is 0. The molecular weight excluding hydrogens is 420 g/mol. The maximum absolute atomic E-state index is 12.7. The highest BCUT2D eigenvalue weighted by Gasteiger charge is 2.54. The van der Waals surface area contributed by atoms with E-state index in [2.05, 4.69) is 49.4 Å². The van der Waals surface area contributed by atoms with Crippen molar-refractivity contribution in [3.05, 3.63) is 70.8 Å². The summed E-state index contributed by atoms with van der Waals surface area (Å²) < 4.78 is 5.42. The number of hydrogen-bond donors (Lipinski definition) is 0. The molecule has 6 rings (SSSR count). The van der Waals surface area contributed by atoms with Gasteiger partial charge in [0.1, 0.15) is 5.78 Å². The summed E-state index contributed by atoms with van der Waals surface area (Å²) in [4.78, 5) is 25.3. The minimum atomic E-state index is -0.0600. The highest BCUT2D eigenvalue weighted by Crippen LogP contribution is 2.60. The highest BCUT2D eigenvalue weighted by atomic mass is 16.5. The Morgan fingerprint density at radius 2 is 1.82 bits per heavy atom. The maximum Gasteiger partial charge on any atom is 0.309 e. The fourth-order valence-corrected chi connectivity index (χ4v) is 8.23. The van der Waals surface area contributed by atoms with E-state index in [4.69, 9.17) is 4.74 Å². The van der Waals surface area contributed by atoms with E-state index in [-0.39, 0.29) is 23.2 Å². The third-order valence-electron chi connectivity index (χ3n) is 10.0. The summed E-state index contributed by atoms with van der Waals surface area (Å²) in [6.45, 7) is 4.58. The van der Waals surface area contributed by atoms with E-state index >= 15 is 0 Å². The fraction of sp³-hybridized carbons (Fsp3) is 0.548. The van der Waals surface area contributed by atoms with Crippen molar-refractivity contribution in [2.45, 2.75) is 76.5 Å². The number of Topliss-reactive ketones (excluding diaryl/α,β-unsaturated/α-hetero) is 1. The fourth-order valence-electron chi connectivity index (χ4n) is 8.23. The van der Waals surface area contributed by atoms with Gasteiger partial charge >= 0.3 is 5.97 Å². The number of ketones is 1. The largest absolute Gasteiger partial charge is 0.466 e. The van der Waals surface area contributed by atoms with E-state index in [1.54, 1.807) is 5.56 Å². The van der Waals surface area contributed by atoms with Gasteiger partial charge in [-0.1, -0.05) is 55.5 Å². The third-order valence-corrected chi connectivity index (χ3v) is 10.0. The van der Waals surface area contributed by atoms with Crippen molar-refractivity contribution >= 4 is 11.8 Å². The quantitative estimate of drug-likeness (QED) is 0.489. The lowest BCUT2D eigenvalue weighted by molar-refractivity contribution is -0.152. The van der Waals surface area contributed by atoms with Crippen molar-refractivity contribution in [2.75, 3.05) is 6.61 Å². The Hall–Kier alpha value is -2.42. The number of carbonyl (C=O) groups is 2. The molecule has 3 nitrogen and oxygen atoms in total. The van der Waals surface area contributed by atoms with Crippen LogP contribution >= 0.6 is 0 Å². The Morgan fingerprint density at radius 1 is 1.00 bits per heavy atom. The monoisotopic (exact) mass is 456 g/mol. The van der Waals surface area contributed by atoms with Crippen LogP contribution in [0, 0.1) is 23.2 Å². The molecule has 0 aliphatic heterocycles. The van der Waals surface area contributed by atoms with E-state index in [9.17, 15) is 9.59 Å². The molecule has 2 aromatic rings. The van der Waals surface area contributed by atoms with Crippen LogP contribution in [-0.4, -0.2) is 18.4 Å². The molecule has 2 unspecified atom stereocenters. The van der Waals surface area contributed by atoms with Gasteiger partial charge < -0.3 is 4.74 Å². The van der Waals surface area contributed by atoms with Gasteiger partial charge in [-0.3, -0.25) is 9.59 Å². The van der Waals surface area contributed by atoms with Gasteiger partial charge in [-0.05, 0) is 91.4 Å². The molecule has 4 aliphatic carbocycles. The molecule has 0 spiro atoms. The number of aryl methyl sites for hydroxylation is 1. The summed E-state index contributed by atoms with van der Waals surface area (Å²) in [5.41, 5.74) is 5.61. The zero-order chi connectivity index (χ0) is 23.4. The molecule has 7 atom stereocenters.